The van der Waals surface area contributed by atoms with Crippen LogP contribution < -0.4 is 4.90 Å². The second-order valence-electron chi connectivity index (χ2n) is 5.29. The SMILES string of the molecule is CCC1(CCN(C)c2ccc(C(=O)OC)cc2Cl)OCCO1. The Labute approximate surface area is 136 Å². The summed E-state index contributed by atoms with van der Waals surface area (Å²) in [5.41, 5.74) is 1.30. The van der Waals surface area contributed by atoms with E-state index in [-0.39, 0.29) is 0 Å². The van der Waals surface area contributed by atoms with Gasteiger partial charge in [-0.1, -0.05) is 18.5 Å². The lowest BCUT2D eigenvalue weighted by Crippen LogP contribution is -2.34. The summed E-state index contributed by atoms with van der Waals surface area (Å²) >= 11 is 6.28. The van der Waals surface area contributed by atoms with Gasteiger partial charge in [0.25, 0.3) is 0 Å². The van der Waals surface area contributed by atoms with Crippen LogP contribution in [0.5, 0.6) is 0 Å². The van der Waals surface area contributed by atoms with E-state index in [1.54, 1.807) is 12.1 Å². The monoisotopic (exact) mass is 327 g/mol. The van der Waals surface area contributed by atoms with E-state index in [4.69, 9.17) is 25.8 Å². The number of methoxy groups -OCH3 is 1. The Bertz CT molecular complexity index is 529. The van der Waals surface area contributed by atoms with Crippen molar-refractivity contribution in [3.63, 3.8) is 0 Å². The Morgan fingerprint density at radius 1 is 1.41 bits per heavy atom. The summed E-state index contributed by atoms with van der Waals surface area (Å²) in [4.78, 5) is 13.5. The first-order valence-electron chi connectivity index (χ1n) is 7.38. The number of hydrogen-bond acceptors (Lipinski definition) is 5. The number of rotatable bonds is 6. The predicted octanol–water partition coefficient (Wildman–Crippen LogP) is 3.11. The third kappa shape index (κ3) is 3.72. The van der Waals surface area contributed by atoms with Gasteiger partial charge in [-0.25, -0.2) is 4.79 Å². The van der Waals surface area contributed by atoms with Gasteiger partial charge in [0.2, 0.25) is 0 Å². The highest BCUT2D eigenvalue weighted by molar-refractivity contribution is 6.33. The number of hydrogen-bond donors (Lipinski definition) is 0. The molecule has 6 heteroatoms. The first-order valence-corrected chi connectivity index (χ1v) is 7.76. The van der Waals surface area contributed by atoms with E-state index in [9.17, 15) is 4.79 Å². The minimum absolute atomic E-state index is 0.395. The van der Waals surface area contributed by atoms with Crippen LogP contribution in [0.2, 0.25) is 5.02 Å². The normalized spacial score (nSPS) is 16.5. The molecule has 0 aromatic heterocycles. The fourth-order valence-corrected chi connectivity index (χ4v) is 2.87. The Morgan fingerprint density at radius 3 is 2.64 bits per heavy atom. The quantitative estimate of drug-likeness (QED) is 0.751. The van der Waals surface area contributed by atoms with Crippen molar-refractivity contribution in [2.75, 3.05) is 38.8 Å². The maximum Gasteiger partial charge on any atom is 0.337 e. The molecule has 1 aliphatic heterocycles. The minimum atomic E-state index is -0.479. The van der Waals surface area contributed by atoms with E-state index < -0.39 is 11.8 Å². The Balaban J connectivity index is 2.03. The molecule has 0 atom stereocenters. The number of benzene rings is 1. The maximum atomic E-state index is 11.5. The number of nitrogens with zero attached hydrogens (tertiary/aromatic N) is 1. The summed E-state index contributed by atoms with van der Waals surface area (Å²) in [6.45, 7) is 4.09. The van der Waals surface area contributed by atoms with Crippen molar-refractivity contribution in [2.45, 2.75) is 25.6 Å². The first kappa shape index (κ1) is 17.1. The van der Waals surface area contributed by atoms with Gasteiger partial charge in [-0.05, 0) is 24.6 Å². The first-order chi connectivity index (χ1) is 10.5. The van der Waals surface area contributed by atoms with E-state index >= 15 is 0 Å². The van der Waals surface area contributed by atoms with Crippen molar-refractivity contribution >= 4 is 23.3 Å². The summed E-state index contributed by atoms with van der Waals surface area (Å²) in [7, 11) is 3.30. The van der Waals surface area contributed by atoms with Crippen LogP contribution in [0.15, 0.2) is 18.2 Å². The van der Waals surface area contributed by atoms with Gasteiger partial charge in [-0.15, -0.1) is 0 Å². The molecule has 122 valence electrons. The van der Waals surface area contributed by atoms with Gasteiger partial charge in [-0.2, -0.15) is 0 Å². The van der Waals surface area contributed by atoms with Crippen LogP contribution in [0.3, 0.4) is 0 Å². The van der Waals surface area contributed by atoms with Gasteiger partial charge in [0.1, 0.15) is 0 Å². The van der Waals surface area contributed by atoms with Crippen LogP contribution in [0.25, 0.3) is 0 Å². The molecule has 0 amide bonds. The topological polar surface area (TPSA) is 48.0 Å². The van der Waals surface area contributed by atoms with Crippen LogP contribution in [0.4, 0.5) is 5.69 Å². The van der Waals surface area contributed by atoms with E-state index in [1.807, 2.05) is 18.0 Å². The zero-order chi connectivity index (χ0) is 16.2. The highest BCUT2D eigenvalue weighted by Crippen LogP contribution is 2.30. The lowest BCUT2D eigenvalue weighted by atomic mass is 10.1. The molecule has 0 unspecified atom stereocenters. The van der Waals surface area contributed by atoms with Crippen molar-refractivity contribution < 1.29 is 19.0 Å². The zero-order valence-corrected chi connectivity index (χ0v) is 14.0. The highest BCUT2D eigenvalue weighted by Gasteiger charge is 2.34. The van der Waals surface area contributed by atoms with E-state index in [0.717, 1.165) is 25.1 Å². The number of carbonyl (C=O) groups is 1. The molecule has 5 nitrogen and oxygen atoms in total. The number of carbonyl (C=O) groups excluding carboxylic acids is 1. The van der Waals surface area contributed by atoms with Crippen LogP contribution in [0.1, 0.15) is 30.1 Å². The van der Waals surface area contributed by atoms with Crippen LogP contribution in [-0.4, -0.2) is 45.7 Å². The highest BCUT2D eigenvalue weighted by atomic mass is 35.5. The summed E-state index contributed by atoms with van der Waals surface area (Å²) in [6, 6.07) is 5.16. The lowest BCUT2D eigenvalue weighted by molar-refractivity contribution is -0.161. The third-order valence-electron chi connectivity index (χ3n) is 3.96. The fraction of sp³-hybridized carbons (Fsp3) is 0.562. The van der Waals surface area contributed by atoms with Crippen molar-refractivity contribution in [3.05, 3.63) is 28.8 Å². The molecule has 1 aromatic carbocycles. The molecule has 0 saturated carbocycles. The Kier molecular flexibility index (Phi) is 5.67. The number of halogens is 1. The molecular weight excluding hydrogens is 306 g/mol. The molecule has 1 saturated heterocycles. The van der Waals surface area contributed by atoms with Crippen LogP contribution in [-0.2, 0) is 14.2 Å². The minimum Gasteiger partial charge on any atom is -0.465 e. The summed E-state index contributed by atoms with van der Waals surface area (Å²) in [6.07, 6.45) is 1.57. The van der Waals surface area contributed by atoms with Gasteiger partial charge in [0.15, 0.2) is 5.79 Å². The molecular formula is C16H22ClNO4. The van der Waals surface area contributed by atoms with Gasteiger partial charge in [0.05, 0.1) is 36.6 Å². The fourth-order valence-electron chi connectivity index (χ4n) is 2.54. The lowest BCUT2D eigenvalue weighted by Gasteiger charge is -2.29. The van der Waals surface area contributed by atoms with Crippen molar-refractivity contribution in [2.24, 2.45) is 0 Å². The predicted molar refractivity (Wildman–Crippen MR) is 85.6 cm³/mol. The molecule has 0 N–H and O–H groups in total. The van der Waals surface area contributed by atoms with E-state index in [0.29, 0.717) is 23.8 Å². The van der Waals surface area contributed by atoms with E-state index in [2.05, 4.69) is 6.92 Å². The van der Waals surface area contributed by atoms with Crippen molar-refractivity contribution in [3.8, 4) is 0 Å². The maximum absolute atomic E-state index is 11.5. The van der Waals surface area contributed by atoms with Crippen molar-refractivity contribution in [1.29, 1.82) is 0 Å². The molecule has 1 fully saturated rings. The molecule has 0 bridgehead atoms. The molecule has 1 heterocycles. The van der Waals surface area contributed by atoms with Crippen molar-refractivity contribution in [1.82, 2.24) is 0 Å². The zero-order valence-electron chi connectivity index (χ0n) is 13.2. The molecule has 0 aliphatic carbocycles. The number of esters is 1. The Morgan fingerprint density at radius 2 is 2.09 bits per heavy atom. The second kappa shape index (κ2) is 7.31. The molecule has 0 radical (unpaired) electrons. The smallest absolute Gasteiger partial charge is 0.337 e. The molecule has 2 rings (SSSR count). The average Bonchev–Trinajstić information content (AvgIpc) is 3.01. The molecule has 0 spiro atoms. The van der Waals surface area contributed by atoms with Gasteiger partial charge in [0, 0.05) is 20.0 Å². The van der Waals surface area contributed by atoms with E-state index in [1.165, 1.54) is 7.11 Å². The summed E-state index contributed by atoms with van der Waals surface area (Å²) in [5, 5.41) is 0.518. The van der Waals surface area contributed by atoms with Gasteiger partial charge < -0.3 is 19.1 Å². The van der Waals surface area contributed by atoms with Crippen LogP contribution in [0, 0.1) is 0 Å². The number of ether oxygens (including phenoxy) is 3. The summed E-state index contributed by atoms with van der Waals surface area (Å²) in [5.74, 6) is -0.874. The average molecular weight is 328 g/mol. The van der Waals surface area contributed by atoms with Crippen LogP contribution >= 0.6 is 11.6 Å². The van der Waals surface area contributed by atoms with Gasteiger partial charge >= 0.3 is 5.97 Å². The molecule has 1 aromatic rings. The molecule has 1 aliphatic rings. The number of anilines is 1. The standard InChI is InChI=1S/C16H22ClNO4/c1-4-16(21-9-10-22-16)7-8-18(2)14-6-5-12(11-13(14)17)15(19)20-3/h5-6,11H,4,7-10H2,1-3H3. The largest absolute Gasteiger partial charge is 0.465 e. The van der Waals surface area contributed by atoms with Gasteiger partial charge in [-0.3, -0.25) is 0 Å². The third-order valence-corrected chi connectivity index (χ3v) is 4.26. The Hall–Kier alpha value is -1.30. The second-order valence-corrected chi connectivity index (χ2v) is 5.70. The molecule has 22 heavy (non-hydrogen) atoms. The summed E-state index contributed by atoms with van der Waals surface area (Å²) < 4.78 is 16.1.